The van der Waals surface area contributed by atoms with E-state index in [1.165, 1.54) is 24.3 Å². The Morgan fingerprint density at radius 3 is 2.76 bits per heavy atom. The molecule has 0 aliphatic carbocycles. The average molecular weight is 393 g/mol. The van der Waals surface area contributed by atoms with E-state index in [1.54, 1.807) is 12.4 Å². The second-order valence-electron chi connectivity index (χ2n) is 7.42. The second kappa shape index (κ2) is 7.27. The Labute approximate surface area is 167 Å². The van der Waals surface area contributed by atoms with Crippen LogP contribution in [0.2, 0.25) is 0 Å². The number of aromatic nitrogens is 4. The van der Waals surface area contributed by atoms with Crippen LogP contribution in [-0.4, -0.2) is 49.2 Å². The van der Waals surface area contributed by atoms with Crippen LogP contribution in [0.25, 0.3) is 11.4 Å². The lowest BCUT2D eigenvalue weighted by Crippen LogP contribution is -2.44. The highest BCUT2D eigenvalue weighted by molar-refractivity contribution is 5.79. The number of pyridine rings is 1. The van der Waals surface area contributed by atoms with Crippen molar-refractivity contribution in [2.45, 2.75) is 37.9 Å². The van der Waals surface area contributed by atoms with E-state index >= 15 is 0 Å². The lowest BCUT2D eigenvalue weighted by molar-refractivity contribution is -0.136. The number of nitrogens with zero attached hydrogens (tertiary/aromatic N) is 5. The molecule has 2 aromatic heterocycles. The van der Waals surface area contributed by atoms with Crippen LogP contribution >= 0.6 is 0 Å². The first-order valence-corrected chi connectivity index (χ1v) is 9.71. The fourth-order valence-electron chi connectivity index (χ4n) is 4.31. The van der Waals surface area contributed by atoms with Gasteiger partial charge in [0.2, 0.25) is 0 Å². The van der Waals surface area contributed by atoms with Crippen LogP contribution in [0, 0.1) is 5.82 Å². The summed E-state index contributed by atoms with van der Waals surface area (Å²) < 4.78 is 20.7. The number of rotatable bonds is 4. The van der Waals surface area contributed by atoms with Gasteiger partial charge in [0.05, 0.1) is 6.04 Å². The van der Waals surface area contributed by atoms with E-state index in [-0.39, 0.29) is 30.4 Å². The zero-order chi connectivity index (χ0) is 19.8. The Hall–Kier alpha value is -3.29. The molecule has 3 aromatic rings. The number of amides is 1. The van der Waals surface area contributed by atoms with Crippen molar-refractivity contribution in [1.29, 1.82) is 0 Å². The molecule has 0 N–H and O–H groups in total. The molecule has 4 heterocycles. The molecule has 0 radical (unpaired) electrons. The van der Waals surface area contributed by atoms with Gasteiger partial charge in [-0.25, -0.2) is 4.39 Å². The minimum atomic E-state index is -0.332. The van der Waals surface area contributed by atoms with Gasteiger partial charge < -0.3 is 14.2 Å². The molecule has 2 aliphatic rings. The molecule has 8 heteroatoms. The Bertz CT molecular complexity index is 1020. The van der Waals surface area contributed by atoms with Crippen LogP contribution in [-0.2, 0) is 17.8 Å². The highest BCUT2D eigenvalue weighted by Gasteiger charge is 2.41. The third-order valence-corrected chi connectivity index (χ3v) is 5.64. The van der Waals surface area contributed by atoms with Crippen molar-refractivity contribution in [2.75, 3.05) is 6.61 Å². The topological polar surface area (TPSA) is 73.1 Å². The molecule has 148 valence electrons. The van der Waals surface area contributed by atoms with Gasteiger partial charge in [-0.05, 0) is 49.2 Å². The standard InChI is InChI=1S/C21H20FN5O2/c22-15-3-7-18(8-4-15)29-13-20(28)27-16-5-6-17(27)12-26-19(10-16)24-25-21(26)14-2-1-9-23-11-14/h1-4,7-9,11,16-17H,5-6,10,12-13H2/t16-,17+/m0/s1. The van der Waals surface area contributed by atoms with E-state index in [4.69, 9.17) is 4.74 Å². The molecule has 1 aromatic carbocycles. The van der Waals surface area contributed by atoms with Crippen LogP contribution in [0.3, 0.4) is 0 Å². The number of hydrogen-bond donors (Lipinski definition) is 0. The molecule has 1 amide bonds. The van der Waals surface area contributed by atoms with Crippen molar-refractivity contribution in [1.82, 2.24) is 24.6 Å². The smallest absolute Gasteiger partial charge is 0.261 e. The largest absolute Gasteiger partial charge is 0.484 e. The van der Waals surface area contributed by atoms with Gasteiger partial charge in [0.1, 0.15) is 17.4 Å². The second-order valence-corrected chi connectivity index (χ2v) is 7.42. The van der Waals surface area contributed by atoms with Crippen LogP contribution in [0.15, 0.2) is 48.8 Å². The summed E-state index contributed by atoms with van der Waals surface area (Å²) in [7, 11) is 0. The van der Waals surface area contributed by atoms with Crippen LogP contribution < -0.4 is 4.74 Å². The number of halogens is 1. The van der Waals surface area contributed by atoms with Gasteiger partial charge in [-0.2, -0.15) is 0 Å². The Kier molecular flexibility index (Phi) is 4.46. The van der Waals surface area contributed by atoms with E-state index in [1.807, 2.05) is 17.0 Å². The zero-order valence-corrected chi connectivity index (χ0v) is 15.7. The van der Waals surface area contributed by atoms with E-state index in [0.29, 0.717) is 18.7 Å². The lowest BCUT2D eigenvalue weighted by atomic mass is 10.1. The predicted octanol–water partition coefficient (Wildman–Crippen LogP) is 2.47. The fraction of sp³-hybridized carbons (Fsp3) is 0.333. The molecule has 1 fully saturated rings. The highest BCUT2D eigenvalue weighted by Crippen LogP contribution is 2.33. The average Bonchev–Trinajstić information content (AvgIpc) is 3.27. The van der Waals surface area contributed by atoms with Crippen molar-refractivity contribution < 1.29 is 13.9 Å². The van der Waals surface area contributed by atoms with Crippen LogP contribution in [0.5, 0.6) is 5.75 Å². The SMILES string of the molecule is O=C(COc1ccc(F)cc1)N1[C@@H]2CC[C@H]1Cc1nnc(-c3cccnc3)n1C2. The van der Waals surface area contributed by atoms with Gasteiger partial charge in [-0.1, -0.05) is 0 Å². The molecule has 7 nitrogen and oxygen atoms in total. The highest BCUT2D eigenvalue weighted by atomic mass is 19.1. The molecule has 0 unspecified atom stereocenters. The number of fused-ring (bicyclic) bond motifs is 3. The molecule has 29 heavy (non-hydrogen) atoms. The lowest BCUT2D eigenvalue weighted by Gasteiger charge is -2.28. The summed E-state index contributed by atoms with van der Waals surface area (Å²) in [5, 5.41) is 8.76. The van der Waals surface area contributed by atoms with Crippen LogP contribution in [0.4, 0.5) is 4.39 Å². The third-order valence-electron chi connectivity index (χ3n) is 5.64. The molecule has 0 spiro atoms. The van der Waals surface area contributed by atoms with Gasteiger partial charge >= 0.3 is 0 Å². The number of hydrogen-bond acceptors (Lipinski definition) is 5. The van der Waals surface area contributed by atoms with Crippen molar-refractivity contribution in [3.8, 4) is 17.1 Å². The Balaban J connectivity index is 1.34. The summed E-state index contributed by atoms with van der Waals surface area (Å²) in [4.78, 5) is 19.1. The Morgan fingerprint density at radius 1 is 1.14 bits per heavy atom. The van der Waals surface area contributed by atoms with Crippen molar-refractivity contribution in [3.63, 3.8) is 0 Å². The normalized spacial score (nSPS) is 20.2. The van der Waals surface area contributed by atoms with Crippen molar-refractivity contribution >= 4 is 5.91 Å². The van der Waals surface area contributed by atoms with Gasteiger partial charge in [-0.3, -0.25) is 9.78 Å². The maximum Gasteiger partial charge on any atom is 0.261 e. The summed E-state index contributed by atoms with van der Waals surface area (Å²) in [6, 6.07) is 9.72. The molecule has 5 rings (SSSR count). The number of carbonyl (C=O) groups excluding carboxylic acids is 1. The molecular formula is C21H20FN5O2. The molecule has 1 saturated heterocycles. The summed E-state index contributed by atoms with van der Waals surface area (Å²) in [6.45, 7) is 0.597. The van der Waals surface area contributed by atoms with E-state index < -0.39 is 0 Å². The number of ether oxygens (including phenoxy) is 1. The first kappa shape index (κ1) is 17.8. The monoisotopic (exact) mass is 393 g/mol. The molecule has 0 saturated carbocycles. The maximum atomic E-state index is 13.0. The minimum absolute atomic E-state index is 0.0523. The number of carbonyl (C=O) groups is 1. The van der Waals surface area contributed by atoms with Crippen LogP contribution in [0.1, 0.15) is 18.7 Å². The van der Waals surface area contributed by atoms with Gasteiger partial charge in [0.25, 0.3) is 5.91 Å². The van der Waals surface area contributed by atoms with Gasteiger partial charge in [-0.15, -0.1) is 10.2 Å². The van der Waals surface area contributed by atoms with Crippen molar-refractivity contribution in [3.05, 3.63) is 60.4 Å². The van der Waals surface area contributed by atoms with Gasteiger partial charge in [0.15, 0.2) is 12.4 Å². The third kappa shape index (κ3) is 3.35. The molecule has 2 atom stereocenters. The summed E-state index contributed by atoms with van der Waals surface area (Å²) in [5.41, 5.74) is 0.918. The summed E-state index contributed by atoms with van der Waals surface area (Å²) in [5.74, 6) is 1.78. The fourth-order valence-corrected chi connectivity index (χ4v) is 4.31. The number of benzene rings is 1. The summed E-state index contributed by atoms with van der Waals surface area (Å²) >= 11 is 0. The minimum Gasteiger partial charge on any atom is -0.484 e. The quantitative estimate of drug-likeness (QED) is 0.681. The zero-order valence-electron chi connectivity index (χ0n) is 15.7. The van der Waals surface area contributed by atoms with E-state index in [9.17, 15) is 9.18 Å². The van der Waals surface area contributed by atoms with Crippen molar-refractivity contribution in [2.24, 2.45) is 0 Å². The van der Waals surface area contributed by atoms with E-state index in [0.717, 1.165) is 30.1 Å². The summed E-state index contributed by atoms with van der Waals surface area (Å²) in [6.07, 6.45) is 6.07. The molecule has 2 bridgehead atoms. The molecule has 2 aliphatic heterocycles. The first-order valence-electron chi connectivity index (χ1n) is 9.71. The molecular weight excluding hydrogens is 373 g/mol. The Morgan fingerprint density at radius 2 is 1.97 bits per heavy atom. The maximum absolute atomic E-state index is 13.0. The first-order chi connectivity index (χ1) is 14.2. The van der Waals surface area contributed by atoms with Gasteiger partial charge in [0, 0.05) is 37.0 Å². The van der Waals surface area contributed by atoms with E-state index in [2.05, 4.69) is 19.7 Å². The predicted molar refractivity (Wildman–Crippen MR) is 103 cm³/mol.